The van der Waals surface area contributed by atoms with Crippen LogP contribution in [0.2, 0.25) is 10.0 Å². The Morgan fingerprint density at radius 3 is 2.33 bits per heavy atom. The van der Waals surface area contributed by atoms with Gasteiger partial charge in [0.05, 0.1) is 0 Å². The quantitative estimate of drug-likeness (QED) is 0.520. The molecule has 0 unspecified atom stereocenters. The summed E-state index contributed by atoms with van der Waals surface area (Å²) in [6, 6.07) is 11.2. The summed E-state index contributed by atoms with van der Waals surface area (Å²) >= 11 is 12.7. The molecule has 1 atom stereocenters. The second kappa shape index (κ2) is 8.90. The maximum Gasteiger partial charge on any atom is 0.258 e. The maximum atomic E-state index is 13.6. The molecule has 0 aliphatic carbocycles. The number of phenolic OH excluding ortho intramolecular Hbond substituents is 1. The molecule has 0 fully saturated rings. The summed E-state index contributed by atoms with van der Waals surface area (Å²) < 4.78 is 32.2. The highest BCUT2D eigenvalue weighted by Crippen LogP contribution is 2.35. The minimum atomic E-state index is -1.01. The summed E-state index contributed by atoms with van der Waals surface area (Å²) in [5, 5.41) is 10.8. The molecule has 4 nitrogen and oxygen atoms in total. The van der Waals surface area contributed by atoms with Gasteiger partial charge in [-0.2, -0.15) is 0 Å². The zero-order chi connectivity index (χ0) is 22.0. The molecule has 3 aromatic rings. The number of primary amides is 1. The standard InChI is InChI=1S/C22H17Cl2F2NO3/c1-11(22(27)29)30-14-9-17(23)16(18(24)10-14)7-12-2-5-21(28)15(6-12)13-3-4-19(25)20(26)8-13/h2-6,8-11,28H,7H2,1H3,(H2,27,29)/t11-/m1/s1. The number of benzene rings is 3. The number of ether oxygens (including phenoxy) is 1. The van der Waals surface area contributed by atoms with Crippen molar-refractivity contribution in [2.24, 2.45) is 5.73 Å². The van der Waals surface area contributed by atoms with E-state index in [0.29, 0.717) is 38.9 Å². The van der Waals surface area contributed by atoms with Crippen molar-refractivity contribution in [2.45, 2.75) is 19.4 Å². The van der Waals surface area contributed by atoms with Gasteiger partial charge in [0.1, 0.15) is 11.5 Å². The van der Waals surface area contributed by atoms with Crippen molar-refractivity contribution < 1.29 is 23.4 Å². The average molecular weight is 452 g/mol. The Kier molecular flexibility index (Phi) is 6.48. The van der Waals surface area contributed by atoms with Gasteiger partial charge in [0.2, 0.25) is 0 Å². The smallest absolute Gasteiger partial charge is 0.258 e. The molecule has 30 heavy (non-hydrogen) atoms. The van der Waals surface area contributed by atoms with Gasteiger partial charge in [0, 0.05) is 22.0 Å². The minimum Gasteiger partial charge on any atom is -0.507 e. The molecule has 0 aliphatic heterocycles. The van der Waals surface area contributed by atoms with Crippen LogP contribution in [0, 0.1) is 11.6 Å². The molecule has 1 amide bonds. The highest BCUT2D eigenvalue weighted by Gasteiger charge is 2.16. The van der Waals surface area contributed by atoms with Crippen LogP contribution in [-0.2, 0) is 11.2 Å². The third kappa shape index (κ3) is 4.83. The fourth-order valence-corrected chi connectivity index (χ4v) is 3.47. The van der Waals surface area contributed by atoms with Crippen molar-refractivity contribution in [1.82, 2.24) is 0 Å². The van der Waals surface area contributed by atoms with Crippen LogP contribution in [0.1, 0.15) is 18.1 Å². The van der Waals surface area contributed by atoms with Crippen LogP contribution in [0.3, 0.4) is 0 Å². The van der Waals surface area contributed by atoms with Crippen molar-refractivity contribution in [3.8, 4) is 22.6 Å². The number of carbonyl (C=O) groups excluding carboxylic acids is 1. The molecule has 0 saturated carbocycles. The summed E-state index contributed by atoms with van der Waals surface area (Å²) in [6.07, 6.45) is -0.543. The molecular formula is C22H17Cl2F2NO3. The molecule has 0 saturated heterocycles. The first kappa shape index (κ1) is 21.9. The normalized spacial score (nSPS) is 11.9. The zero-order valence-electron chi connectivity index (χ0n) is 15.8. The Bertz CT molecular complexity index is 1100. The number of aromatic hydroxyl groups is 1. The third-order valence-electron chi connectivity index (χ3n) is 4.50. The van der Waals surface area contributed by atoms with E-state index < -0.39 is 23.6 Å². The van der Waals surface area contributed by atoms with Crippen molar-refractivity contribution in [3.05, 3.63) is 81.3 Å². The minimum absolute atomic E-state index is 0.0776. The first-order chi connectivity index (χ1) is 14.2. The van der Waals surface area contributed by atoms with Crippen molar-refractivity contribution in [1.29, 1.82) is 0 Å². The van der Waals surface area contributed by atoms with Crippen molar-refractivity contribution in [3.63, 3.8) is 0 Å². The monoisotopic (exact) mass is 451 g/mol. The van der Waals surface area contributed by atoms with Gasteiger partial charge in [-0.3, -0.25) is 4.79 Å². The first-order valence-corrected chi connectivity index (χ1v) is 9.62. The van der Waals surface area contributed by atoms with Gasteiger partial charge in [0.25, 0.3) is 5.91 Å². The molecule has 0 spiro atoms. The molecule has 0 bridgehead atoms. The number of nitrogens with two attached hydrogens (primary N) is 1. The summed E-state index contributed by atoms with van der Waals surface area (Å²) in [6.45, 7) is 1.51. The Morgan fingerprint density at radius 2 is 1.73 bits per heavy atom. The fraction of sp³-hybridized carbons (Fsp3) is 0.136. The Morgan fingerprint density at radius 1 is 1.07 bits per heavy atom. The largest absolute Gasteiger partial charge is 0.507 e. The molecule has 3 N–H and O–H groups in total. The summed E-state index contributed by atoms with van der Waals surface area (Å²) in [4.78, 5) is 11.2. The van der Waals surface area contributed by atoms with E-state index in [2.05, 4.69) is 0 Å². The molecule has 3 rings (SSSR count). The summed E-state index contributed by atoms with van der Waals surface area (Å²) in [5.41, 5.74) is 7.19. The number of amides is 1. The van der Waals surface area contributed by atoms with E-state index in [-0.39, 0.29) is 5.75 Å². The van der Waals surface area contributed by atoms with Crippen LogP contribution in [0.5, 0.6) is 11.5 Å². The molecule has 3 aromatic carbocycles. The van der Waals surface area contributed by atoms with Gasteiger partial charge in [-0.05, 0) is 60.0 Å². The van der Waals surface area contributed by atoms with E-state index in [1.165, 1.54) is 31.2 Å². The van der Waals surface area contributed by atoms with E-state index in [1.54, 1.807) is 12.1 Å². The maximum absolute atomic E-state index is 13.6. The molecule has 156 valence electrons. The second-order valence-corrected chi connectivity index (χ2v) is 7.50. The van der Waals surface area contributed by atoms with Crippen LogP contribution in [0.25, 0.3) is 11.1 Å². The van der Waals surface area contributed by atoms with E-state index in [0.717, 1.165) is 17.7 Å². The summed E-state index contributed by atoms with van der Waals surface area (Å²) in [5.74, 6) is -2.38. The highest BCUT2D eigenvalue weighted by molar-refractivity contribution is 6.36. The van der Waals surface area contributed by atoms with Gasteiger partial charge in [0.15, 0.2) is 17.7 Å². The SMILES string of the molecule is C[C@@H](Oc1cc(Cl)c(Cc2ccc(O)c(-c3ccc(F)c(F)c3)c2)c(Cl)c1)C(N)=O. The lowest BCUT2D eigenvalue weighted by molar-refractivity contribution is -0.123. The molecule has 0 aliphatic rings. The Balaban J connectivity index is 1.91. The number of hydrogen-bond donors (Lipinski definition) is 2. The van der Waals surface area contributed by atoms with Crippen molar-refractivity contribution in [2.75, 3.05) is 0 Å². The molecule has 0 radical (unpaired) electrons. The molecule has 0 aromatic heterocycles. The predicted octanol–water partition coefficient (Wildman–Crippen LogP) is 5.49. The third-order valence-corrected chi connectivity index (χ3v) is 5.18. The van der Waals surface area contributed by atoms with Crippen LogP contribution < -0.4 is 10.5 Å². The van der Waals surface area contributed by atoms with Crippen LogP contribution in [0.4, 0.5) is 8.78 Å². The number of carbonyl (C=O) groups is 1. The van der Waals surface area contributed by atoms with E-state index in [9.17, 15) is 18.7 Å². The number of phenols is 1. The topological polar surface area (TPSA) is 72.6 Å². The van der Waals surface area contributed by atoms with Crippen LogP contribution in [0.15, 0.2) is 48.5 Å². The molecular weight excluding hydrogens is 435 g/mol. The Hall–Kier alpha value is -2.83. The first-order valence-electron chi connectivity index (χ1n) is 8.87. The highest BCUT2D eigenvalue weighted by atomic mass is 35.5. The van der Waals surface area contributed by atoms with Crippen molar-refractivity contribution >= 4 is 29.1 Å². The zero-order valence-corrected chi connectivity index (χ0v) is 17.3. The lowest BCUT2D eigenvalue weighted by Gasteiger charge is -2.15. The second-order valence-electron chi connectivity index (χ2n) is 6.69. The van der Waals surface area contributed by atoms with Gasteiger partial charge < -0.3 is 15.6 Å². The molecule has 0 heterocycles. The Labute approximate surface area is 181 Å². The number of halogens is 4. The average Bonchev–Trinajstić information content (AvgIpc) is 2.68. The van der Waals surface area contributed by atoms with Gasteiger partial charge >= 0.3 is 0 Å². The summed E-state index contributed by atoms with van der Waals surface area (Å²) in [7, 11) is 0. The van der Waals surface area contributed by atoms with E-state index in [1.807, 2.05) is 0 Å². The van der Waals surface area contributed by atoms with Gasteiger partial charge in [-0.25, -0.2) is 8.78 Å². The van der Waals surface area contributed by atoms with E-state index >= 15 is 0 Å². The van der Waals surface area contributed by atoms with Crippen LogP contribution >= 0.6 is 23.2 Å². The van der Waals surface area contributed by atoms with Gasteiger partial charge in [-0.15, -0.1) is 0 Å². The molecule has 8 heteroatoms. The lowest BCUT2D eigenvalue weighted by Crippen LogP contribution is -2.30. The fourth-order valence-electron chi connectivity index (χ4n) is 2.87. The lowest BCUT2D eigenvalue weighted by atomic mass is 9.98. The van der Waals surface area contributed by atoms with Crippen LogP contribution in [-0.4, -0.2) is 17.1 Å². The van der Waals surface area contributed by atoms with Gasteiger partial charge in [-0.1, -0.05) is 35.3 Å². The number of hydrogen-bond acceptors (Lipinski definition) is 3. The predicted molar refractivity (Wildman–Crippen MR) is 112 cm³/mol. The number of rotatable bonds is 6. The van der Waals surface area contributed by atoms with E-state index in [4.69, 9.17) is 33.7 Å².